The van der Waals surface area contributed by atoms with E-state index in [1.165, 1.54) is 38.5 Å². The van der Waals surface area contributed by atoms with Crippen LogP contribution >= 0.6 is 0 Å². The Morgan fingerprint density at radius 2 is 0.571 bits per heavy atom. The van der Waals surface area contributed by atoms with Gasteiger partial charge in [-0.15, -0.1) is 0 Å². The van der Waals surface area contributed by atoms with Gasteiger partial charge in [-0.2, -0.15) is 0 Å². The van der Waals surface area contributed by atoms with E-state index in [4.69, 9.17) is 0 Å². The van der Waals surface area contributed by atoms with Crippen LogP contribution < -0.4 is 0 Å². The molecule has 0 aromatic carbocycles. The van der Waals surface area contributed by atoms with E-state index < -0.39 is 0 Å². The molecule has 7 heavy (non-hydrogen) atoms. The van der Waals surface area contributed by atoms with E-state index in [-0.39, 0.29) is 18.9 Å². The van der Waals surface area contributed by atoms with Gasteiger partial charge < -0.3 is 0 Å². The Hall–Kier alpha value is 0.597. The van der Waals surface area contributed by atoms with Crippen LogP contribution in [0.3, 0.4) is 0 Å². The predicted molar refractivity (Wildman–Crippen MR) is 34.9 cm³/mol. The molecule has 1 aliphatic carbocycles. The third kappa shape index (κ3) is 3.20. The fourth-order valence-corrected chi connectivity index (χ4v) is 1.06. The first-order valence-electron chi connectivity index (χ1n) is 3.00. The fourth-order valence-electron chi connectivity index (χ4n) is 1.06. The van der Waals surface area contributed by atoms with Crippen molar-refractivity contribution < 1.29 is 0 Å². The summed E-state index contributed by atoms with van der Waals surface area (Å²) >= 11 is 0. The van der Waals surface area contributed by atoms with Crippen LogP contribution in [0, 0.1) is 0 Å². The summed E-state index contributed by atoms with van der Waals surface area (Å²) in [5.74, 6) is 0. The standard InChI is InChI=1S/C6H12.Li.H/c1-2-4-6-5-3-1;;/h1-6H2;;. The molecule has 0 radical (unpaired) electrons. The summed E-state index contributed by atoms with van der Waals surface area (Å²) in [7, 11) is 0. The number of hydrogen-bond donors (Lipinski definition) is 0. The van der Waals surface area contributed by atoms with Crippen LogP contribution in [0.25, 0.3) is 0 Å². The van der Waals surface area contributed by atoms with E-state index in [9.17, 15) is 0 Å². The van der Waals surface area contributed by atoms with Gasteiger partial charge in [-0.05, 0) is 0 Å². The maximum atomic E-state index is 1.50. The van der Waals surface area contributed by atoms with E-state index in [2.05, 4.69) is 0 Å². The van der Waals surface area contributed by atoms with Crippen molar-refractivity contribution in [1.82, 2.24) is 0 Å². The zero-order valence-electron chi connectivity index (χ0n) is 4.24. The van der Waals surface area contributed by atoms with E-state index >= 15 is 0 Å². The van der Waals surface area contributed by atoms with E-state index in [1.54, 1.807) is 0 Å². The monoisotopic (exact) mass is 92.1 g/mol. The second-order valence-corrected chi connectivity index (χ2v) is 2.12. The van der Waals surface area contributed by atoms with Gasteiger partial charge in [0, 0.05) is 0 Å². The summed E-state index contributed by atoms with van der Waals surface area (Å²) in [5, 5.41) is 0. The Bertz CT molecular complexity index is 19.7. The molecular weight excluding hydrogens is 79.0 g/mol. The van der Waals surface area contributed by atoms with Crippen molar-refractivity contribution in [2.24, 2.45) is 0 Å². The molecule has 0 atom stereocenters. The summed E-state index contributed by atoms with van der Waals surface area (Å²) in [6, 6.07) is 0. The minimum absolute atomic E-state index is 0. The SMILES string of the molecule is C1CCCCC1.[LiH]. The maximum absolute atomic E-state index is 1.50. The molecule has 0 heterocycles. The first-order chi connectivity index (χ1) is 3.00. The Labute approximate surface area is 57.9 Å². The van der Waals surface area contributed by atoms with Crippen molar-refractivity contribution >= 4 is 18.9 Å². The molecule has 0 aromatic rings. The van der Waals surface area contributed by atoms with E-state index in [0.29, 0.717) is 0 Å². The molecule has 0 nitrogen and oxygen atoms in total. The molecule has 0 spiro atoms. The van der Waals surface area contributed by atoms with Gasteiger partial charge in [-0.1, -0.05) is 38.5 Å². The van der Waals surface area contributed by atoms with Crippen molar-refractivity contribution in [2.75, 3.05) is 0 Å². The molecule has 38 valence electrons. The molecule has 1 heteroatoms. The first kappa shape index (κ1) is 7.60. The van der Waals surface area contributed by atoms with Gasteiger partial charge >= 0.3 is 18.9 Å². The van der Waals surface area contributed by atoms with Crippen LogP contribution in [-0.2, 0) is 0 Å². The van der Waals surface area contributed by atoms with Gasteiger partial charge in [0.25, 0.3) is 0 Å². The van der Waals surface area contributed by atoms with Crippen LogP contribution in [0.5, 0.6) is 0 Å². The van der Waals surface area contributed by atoms with Crippen LogP contribution in [0.2, 0.25) is 0 Å². The van der Waals surface area contributed by atoms with Gasteiger partial charge in [0.1, 0.15) is 0 Å². The third-order valence-electron chi connectivity index (χ3n) is 1.50. The molecule has 1 rings (SSSR count). The van der Waals surface area contributed by atoms with Gasteiger partial charge in [-0.3, -0.25) is 0 Å². The molecule has 1 fully saturated rings. The summed E-state index contributed by atoms with van der Waals surface area (Å²) in [6.45, 7) is 0. The van der Waals surface area contributed by atoms with Gasteiger partial charge in [0.2, 0.25) is 0 Å². The van der Waals surface area contributed by atoms with Gasteiger partial charge in [-0.25, -0.2) is 0 Å². The second kappa shape index (κ2) is 4.75. The third-order valence-corrected chi connectivity index (χ3v) is 1.50. The normalized spacial score (nSPS) is 20.6. The molecular formula is C6H13Li. The summed E-state index contributed by atoms with van der Waals surface area (Å²) < 4.78 is 0. The predicted octanol–water partition coefficient (Wildman–Crippen LogP) is 1.69. The topological polar surface area (TPSA) is 0 Å². The molecule has 0 N–H and O–H groups in total. The zero-order chi connectivity index (χ0) is 4.24. The molecule has 0 amide bonds. The van der Waals surface area contributed by atoms with Crippen LogP contribution in [0.15, 0.2) is 0 Å². The number of rotatable bonds is 0. The Balaban J connectivity index is 0.000000360. The molecule has 0 aromatic heterocycles. The van der Waals surface area contributed by atoms with Crippen molar-refractivity contribution in [1.29, 1.82) is 0 Å². The summed E-state index contributed by atoms with van der Waals surface area (Å²) in [6.07, 6.45) is 9.00. The zero-order valence-corrected chi connectivity index (χ0v) is 4.24. The van der Waals surface area contributed by atoms with Crippen molar-refractivity contribution in [3.8, 4) is 0 Å². The van der Waals surface area contributed by atoms with E-state index in [1.807, 2.05) is 0 Å². The quantitative estimate of drug-likeness (QED) is 0.399. The van der Waals surface area contributed by atoms with Gasteiger partial charge in [0.05, 0.1) is 0 Å². The minimum atomic E-state index is 0. The van der Waals surface area contributed by atoms with Crippen LogP contribution in [0.1, 0.15) is 38.5 Å². The average Bonchev–Trinajstić information content (AvgIpc) is 1.72. The van der Waals surface area contributed by atoms with E-state index in [0.717, 1.165) is 0 Å². The molecule has 1 aliphatic rings. The molecule has 0 saturated heterocycles. The van der Waals surface area contributed by atoms with Gasteiger partial charge in [0.15, 0.2) is 0 Å². The Kier molecular flexibility index (Phi) is 5.15. The van der Waals surface area contributed by atoms with Crippen LogP contribution in [-0.4, -0.2) is 18.9 Å². The fraction of sp³-hybridized carbons (Fsp3) is 1.00. The molecule has 1 saturated carbocycles. The second-order valence-electron chi connectivity index (χ2n) is 2.12. The molecule has 0 bridgehead atoms. The molecule has 0 aliphatic heterocycles. The van der Waals surface area contributed by atoms with Crippen molar-refractivity contribution in [3.63, 3.8) is 0 Å². The van der Waals surface area contributed by atoms with Crippen molar-refractivity contribution in [2.45, 2.75) is 38.5 Å². The molecule has 0 unspecified atom stereocenters. The Morgan fingerprint density at radius 1 is 0.429 bits per heavy atom. The summed E-state index contributed by atoms with van der Waals surface area (Å²) in [4.78, 5) is 0. The Morgan fingerprint density at radius 3 is 0.714 bits per heavy atom. The first-order valence-corrected chi connectivity index (χ1v) is 3.00. The summed E-state index contributed by atoms with van der Waals surface area (Å²) in [5.41, 5.74) is 0. The average molecular weight is 92.1 g/mol. The number of hydrogen-bond acceptors (Lipinski definition) is 0. The van der Waals surface area contributed by atoms with Crippen LogP contribution in [0.4, 0.5) is 0 Å². The van der Waals surface area contributed by atoms with Crippen molar-refractivity contribution in [3.05, 3.63) is 0 Å².